The third kappa shape index (κ3) is 3.63. The molecule has 0 fully saturated rings. The Hall–Kier alpha value is -5.86. The van der Waals surface area contributed by atoms with Crippen LogP contribution in [0.15, 0.2) is 148 Å². The van der Waals surface area contributed by atoms with E-state index >= 15 is 0 Å². The van der Waals surface area contributed by atoms with Gasteiger partial charge in [-0.05, 0) is 115 Å². The van der Waals surface area contributed by atoms with Crippen LogP contribution in [0, 0.1) is 0 Å². The maximum Gasteiger partial charge on any atom is 0.136 e. The molecule has 11 rings (SSSR count). The van der Waals surface area contributed by atoms with E-state index in [1.165, 1.54) is 82.1 Å². The summed E-state index contributed by atoms with van der Waals surface area (Å²) >= 11 is 0. The lowest BCUT2D eigenvalue weighted by molar-refractivity contribution is 0.542. The standard InChI is InChI=1S/C46H30O2/c1-3-11-31-27(9-1)17-23-41-45(31)37-25-29(19-21-39(37)47-41)43-33-13-5-7-15-35(33)44(36-16-8-6-14-34(36)43)30-20-22-40-38(26-30)46-32-12-4-2-10-28(32)18-24-42(46)48-40/h1-3,5-11,13-17,19-23,25-26H,4,12,18,24H2. The fourth-order valence-electron chi connectivity index (χ4n) is 8.75. The largest absolute Gasteiger partial charge is 0.460 e. The lowest BCUT2D eigenvalue weighted by atomic mass is 9.82. The molecule has 2 nitrogen and oxygen atoms in total. The lowest BCUT2D eigenvalue weighted by Gasteiger charge is -2.21. The van der Waals surface area contributed by atoms with Gasteiger partial charge in [0.1, 0.15) is 22.5 Å². The van der Waals surface area contributed by atoms with Crippen LogP contribution in [-0.2, 0) is 6.42 Å². The summed E-state index contributed by atoms with van der Waals surface area (Å²) in [6.45, 7) is 0. The van der Waals surface area contributed by atoms with Gasteiger partial charge in [0.25, 0.3) is 0 Å². The predicted molar refractivity (Wildman–Crippen MR) is 200 cm³/mol. The van der Waals surface area contributed by atoms with Crippen LogP contribution in [0.3, 0.4) is 0 Å². The summed E-state index contributed by atoms with van der Waals surface area (Å²) in [4.78, 5) is 0. The Morgan fingerprint density at radius 1 is 0.438 bits per heavy atom. The highest BCUT2D eigenvalue weighted by molar-refractivity contribution is 6.24. The van der Waals surface area contributed by atoms with Gasteiger partial charge in [0.15, 0.2) is 0 Å². The van der Waals surface area contributed by atoms with Gasteiger partial charge in [-0.3, -0.25) is 0 Å². The van der Waals surface area contributed by atoms with Crippen molar-refractivity contribution >= 4 is 70.8 Å². The first-order valence-corrected chi connectivity index (χ1v) is 17.0. The number of fused-ring (bicyclic) bond motifs is 11. The van der Waals surface area contributed by atoms with Gasteiger partial charge in [-0.1, -0.05) is 103 Å². The molecule has 0 bridgehead atoms. The minimum absolute atomic E-state index is 0.916. The first-order chi connectivity index (χ1) is 23.8. The first-order valence-electron chi connectivity index (χ1n) is 17.0. The molecule has 0 unspecified atom stereocenters. The van der Waals surface area contributed by atoms with Crippen molar-refractivity contribution in [3.63, 3.8) is 0 Å². The molecule has 2 aromatic heterocycles. The van der Waals surface area contributed by atoms with E-state index in [4.69, 9.17) is 8.83 Å². The van der Waals surface area contributed by atoms with Crippen LogP contribution in [0.25, 0.3) is 93.1 Å². The second-order valence-corrected chi connectivity index (χ2v) is 13.4. The van der Waals surface area contributed by atoms with E-state index < -0.39 is 0 Å². The highest BCUT2D eigenvalue weighted by Crippen LogP contribution is 2.48. The molecule has 0 spiro atoms. The van der Waals surface area contributed by atoms with Gasteiger partial charge < -0.3 is 8.83 Å². The van der Waals surface area contributed by atoms with Gasteiger partial charge in [0.05, 0.1) is 0 Å². The number of hydrogen-bond donors (Lipinski definition) is 0. The van der Waals surface area contributed by atoms with E-state index in [2.05, 4.69) is 133 Å². The first kappa shape index (κ1) is 26.2. The minimum atomic E-state index is 0.916. The van der Waals surface area contributed by atoms with Crippen molar-refractivity contribution in [1.29, 1.82) is 0 Å². The number of hydrogen-bond acceptors (Lipinski definition) is 2. The quantitative estimate of drug-likeness (QED) is 0.181. The van der Waals surface area contributed by atoms with Crippen LogP contribution >= 0.6 is 0 Å². The fourth-order valence-corrected chi connectivity index (χ4v) is 8.75. The van der Waals surface area contributed by atoms with Crippen molar-refractivity contribution in [2.45, 2.75) is 25.7 Å². The maximum absolute atomic E-state index is 6.50. The average Bonchev–Trinajstić information content (AvgIpc) is 3.72. The number of aryl methyl sites for hydroxylation is 1. The van der Waals surface area contributed by atoms with E-state index in [0.29, 0.717) is 0 Å². The molecular formula is C46H30O2. The Labute approximate surface area is 277 Å². The summed E-state index contributed by atoms with van der Waals surface area (Å²) in [6, 6.07) is 44.3. The van der Waals surface area contributed by atoms with E-state index in [1.807, 2.05) is 0 Å². The molecule has 7 aromatic carbocycles. The minimum Gasteiger partial charge on any atom is -0.460 e. The molecule has 0 atom stereocenters. The van der Waals surface area contributed by atoms with Gasteiger partial charge in [-0.25, -0.2) is 0 Å². The lowest BCUT2D eigenvalue weighted by Crippen LogP contribution is -2.04. The third-order valence-corrected chi connectivity index (χ3v) is 10.8. The number of allylic oxidation sites excluding steroid dienone is 4. The normalized spacial score (nSPS) is 14.6. The molecule has 2 heteroatoms. The highest BCUT2D eigenvalue weighted by atomic mass is 16.3. The van der Waals surface area contributed by atoms with Crippen molar-refractivity contribution in [3.05, 3.63) is 150 Å². The van der Waals surface area contributed by atoms with Gasteiger partial charge in [-0.15, -0.1) is 0 Å². The topological polar surface area (TPSA) is 26.3 Å². The Kier molecular flexibility index (Phi) is 5.37. The maximum atomic E-state index is 6.50. The highest BCUT2D eigenvalue weighted by Gasteiger charge is 2.26. The molecule has 2 heterocycles. The summed E-state index contributed by atoms with van der Waals surface area (Å²) in [5.74, 6) is 1.15. The Balaban J connectivity index is 1.19. The van der Waals surface area contributed by atoms with Crippen LogP contribution in [0.2, 0.25) is 0 Å². The van der Waals surface area contributed by atoms with Crippen LogP contribution in [-0.4, -0.2) is 0 Å². The zero-order valence-electron chi connectivity index (χ0n) is 26.3. The van der Waals surface area contributed by atoms with Gasteiger partial charge in [0, 0.05) is 28.1 Å². The van der Waals surface area contributed by atoms with Crippen LogP contribution in [0.4, 0.5) is 0 Å². The van der Waals surface area contributed by atoms with Crippen molar-refractivity contribution in [2.75, 3.05) is 0 Å². The summed E-state index contributed by atoms with van der Waals surface area (Å²) in [5, 5.41) is 11.0. The summed E-state index contributed by atoms with van der Waals surface area (Å²) in [6.07, 6.45) is 8.89. The van der Waals surface area contributed by atoms with Crippen molar-refractivity contribution in [3.8, 4) is 22.3 Å². The fraction of sp³-hybridized carbons (Fsp3) is 0.0870. The van der Waals surface area contributed by atoms with Crippen LogP contribution in [0.5, 0.6) is 0 Å². The van der Waals surface area contributed by atoms with Crippen LogP contribution < -0.4 is 0 Å². The molecule has 0 aliphatic heterocycles. The van der Waals surface area contributed by atoms with Gasteiger partial charge in [-0.2, -0.15) is 0 Å². The molecule has 2 aliphatic carbocycles. The van der Waals surface area contributed by atoms with Gasteiger partial charge >= 0.3 is 0 Å². The zero-order chi connectivity index (χ0) is 31.3. The van der Waals surface area contributed by atoms with E-state index in [-0.39, 0.29) is 0 Å². The van der Waals surface area contributed by atoms with Gasteiger partial charge in [0.2, 0.25) is 0 Å². The monoisotopic (exact) mass is 614 g/mol. The molecule has 0 amide bonds. The molecule has 48 heavy (non-hydrogen) atoms. The third-order valence-electron chi connectivity index (χ3n) is 10.8. The Morgan fingerprint density at radius 3 is 1.75 bits per heavy atom. The molecule has 0 radical (unpaired) electrons. The van der Waals surface area contributed by atoms with E-state index in [9.17, 15) is 0 Å². The molecule has 226 valence electrons. The molecule has 9 aromatic rings. The summed E-state index contributed by atoms with van der Waals surface area (Å²) < 4.78 is 12.9. The number of furan rings is 2. The second kappa shape index (κ2) is 9.82. The molecule has 2 aliphatic rings. The molecule has 0 N–H and O–H groups in total. The van der Waals surface area contributed by atoms with Crippen LogP contribution in [0.1, 0.15) is 30.6 Å². The SMILES string of the molecule is C1=CC2=C(CC1)c1c(oc3ccc(-c4c5ccccc5c(-c5ccc6oc7ccc8ccccc8c7c6c5)c5ccccc45)cc13)CC2. The van der Waals surface area contributed by atoms with E-state index in [1.54, 1.807) is 0 Å². The Morgan fingerprint density at radius 2 is 1.04 bits per heavy atom. The molecular weight excluding hydrogens is 585 g/mol. The second-order valence-electron chi connectivity index (χ2n) is 13.4. The summed E-state index contributed by atoms with van der Waals surface area (Å²) in [7, 11) is 0. The predicted octanol–water partition coefficient (Wildman–Crippen LogP) is 13.2. The zero-order valence-corrected chi connectivity index (χ0v) is 26.3. The summed E-state index contributed by atoms with van der Waals surface area (Å²) in [5.41, 5.74) is 12.1. The smallest absolute Gasteiger partial charge is 0.136 e. The number of benzene rings is 7. The van der Waals surface area contributed by atoms with Crippen molar-refractivity contribution in [1.82, 2.24) is 0 Å². The molecule has 0 saturated heterocycles. The van der Waals surface area contributed by atoms with Crippen molar-refractivity contribution < 1.29 is 8.83 Å². The average molecular weight is 615 g/mol. The van der Waals surface area contributed by atoms with E-state index in [0.717, 1.165) is 53.6 Å². The number of rotatable bonds is 2. The molecule has 0 saturated carbocycles. The Bertz CT molecular complexity index is 2830. The van der Waals surface area contributed by atoms with Crippen molar-refractivity contribution in [2.24, 2.45) is 0 Å².